The summed E-state index contributed by atoms with van der Waals surface area (Å²) < 4.78 is 5.15. The Morgan fingerprint density at radius 2 is 1.77 bits per heavy atom. The molecule has 80 valence electrons. The lowest BCUT2D eigenvalue weighted by atomic mass is 10.00. The fourth-order valence-electron chi connectivity index (χ4n) is 1.37. The Morgan fingerprint density at radius 3 is 2.15 bits per heavy atom. The van der Waals surface area contributed by atoms with Gasteiger partial charge in [0.2, 0.25) is 0 Å². The zero-order valence-electron chi connectivity index (χ0n) is 9.76. The first-order valence-corrected chi connectivity index (χ1v) is 5.40. The standard InChI is InChI=1S/C11H25NO/c1-6-9(3)10(4)12-11(7-2)8-13-5/h9-12H,6-8H2,1-5H3. The summed E-state index contributed by atoms with van der Waals surface area (Å²) in [5, 5.41) is 3.59. The fraction of sp³-hybridized carbons (Fsp3) is 1.00. The van der Waals surface area contributed by atoms with E-state index in [1.54, 1.807) is 7.11 Å². The van der Waals surface area contributed by atoms with E-state index in [0.29, 0.717) is 12.1 Å². The average molecular weight is 187 g/mol. The molecule has 0 aromatic heterocycles. The van der Waals surface area contributed by atoms with Crippen LogP contribution in [0.3, 0.4) is 0 Å². The Labute approximate surface area is 83.1 Å². The van der Waals surface area contributed by atoms with E-state index in [4.69, 9.17) is 4.74 Å². The number of methoxy groups -OCH3 is 1. The summed E-state index contributed by atoms with van der Waals surface area (Å²) in [5.74, 6) is 0.742. The largest absolute Gasteiger partial charge is 0.383 e. The van der Waals surface area contributed by atoms with Gasteiger partial charge in [-0.3, -0.25) is 0 Å². The zero-order valence-corrected chi connectivity index (χ0v) is 9.76. The second-order valence-electron chi connectivity index (χ2n) is 3.90. The second-order valence-corrected chi connectivity index (χ2v) is 3.90. The van der Waals surface area contributed by atoms with Crippen molar-refractivity contribution in [1.29, 1.82) is 0 Å². The predicted molar refractivity (Wildman–Crippen MR) is 58.0 cm³/mol. The van der Waals surface area contributed by atoms with Gasteiger partial charge in [-0.2, -0.15) is 0 Å². The van der Waals surface area contributed by atoms with Crippen molar-refractivity contribution < 1.29 is 4.74 Å². The fourth-order valence-corrected chi connectivity index (χ4v) is 1.37. The van der Waals surface area contributed by atoms with Crippen LogP contribution in [0.15, 0.2) is 0 Å². The molecule has 0 fully saturated rings. The van der Waals surface area contributed by atoms with Gasteiger partial charge in [-0.15, -0.1) is 0 Å². The molecule has 0 aliphatic carbocycles. The first kappa shape index (κ1) is 12.9. The van der Waals surface area contributed by atoms with Crippen molar-refractivity contribution in [3.05, 3.63) is 0 Å². The van der Waals surface area contributed by atoms with Crippen LogP contribution in [0.4, 0.5) is 0 Å². The van der Waals surface area contributed by atoms with Crippen LogP contribution in [0.5, 0.6) is 0 Å². The molecule has 0 aromatic carbocycles. The summed E-state index contributed by atoms with van der Waals surface area (Å²) in [6.45, 7) is 9.79. The Kier molecular flexibility index (Phi) is 7.29. The molecule has 0 amide bonds. The van der Waals surface area contributed by atoms with E-state index < -0.39 is 0 Å². The van der Waals surface area contributed by atoms with E-state index in [9.17, 15) is 0 Å². The van der Waals surface area contributed by atoms with Gasteiger partial charge in [-0.1, -0.05) is 27.2 Å². The summed E-state index contributed by atoms with van der Waals surface area (Å²) in [6.07, 6.45) is 2.37. The molecule has 0 rings (SSSR count). The van der Waals surface area contributed by atoms with Crippen LogP contribution in [0, 0.1) is 5.92 Å². The van der Waals surface area contributed by atoms with Crippen molar-refractivity contribution in [3.63, 3.8) is 0 Å². The maximum Gasteiger partial charge on any atom is 0.0615 e. The number of hydrogen-bond acceptors (Lipinski definition) is 2. The Balaban J connectivity index is 3.78. The Bertz CT molecular complexity index is 117. The first-order valence-electron chi connectivity index (χ1n) is 5.40. The third-order valence-electron chi connectivity index (χ3n) is 2.86. The van der Waals surface area contributed by atoms with E-state index in [1.165, 1.54) is 6.42 Å². The molecule has 0 spiro atoms. The van der Waals surface area contributed by atoms with Gasteiger partial charge in [0.15, 0.2) is 0 Å². The molecule has 0 saturated heterocycles. The maximum absolute atomic E-state index is 5.15. The normalized spacial score (nSPS) is 18.2. The molecule has 0 aromatic rings. The monoisotopic (exact) mass is 187 g/mol. The molecule has 2 nitrogen and oxygen atoms in total. The maximum atomic E-state index is 5.15. The van der Waals surface area contributed by atoms with Gasteiger partial charge >= 0.3 is 0 Å². The zero-order chi connectivity index (χ0) is 10.3. The summed E-state index contributed by atoms with van der Waals surface area (Å²) >= 11 is 0. The van der Waals surface area contributed by atoms with E-state index in [-0.39, 0.29) is 0 Å². The van der Waals surface area contributed by atoms with Crippen LogP contribution in [0.2, 0.25) is 0 Å². The molecule has 0 saturated carbocycles. The lowest BCUT2D eigenvalue weighted by Gasteiger charge is -2.25. The third kappa shape index (κ3) is 5.27. The van der Waals surface area contributed by atoms with Gasteiger partial charge < -0.3 is 10.1 Å². The highest BCUT2D eigenvalue weighted by Crippen LogP contribution is 2.08. The number of rotatable bonds is 7. The molecule has 2 heteroatoms. The SMILES string of the molecule is CCC(COC)NC(C)C(C)CC. The quantitative estimate of drug-likeness (QED) is 0.661. The molecule has 0 aliphatic rings. The van der Waals surface area contributed by atoms with Crippen LogP contribution in [0.1, 0.15) is 40.5 Å². The van der Waals surface area contributed by atoms with Crippen molar-refractivity contribution >= 4 is 0 Å². The van der Waals surface area contributed by atoms with E-state index in [2.05, 4.69) is 33.0 Å². The topological polar surface area (TPSA) is 21.3 Å². The molecule has 3 unspecified atom stereocenters. The number of nitrogens with one attached hydrogen (secondary N) is 1. The second kappa shape index (κ2) is 7.34. The summed E-state index contributed by atoms with van der Waals surface area (Å²) in [4.78, 5) is 0. The summed E-state index contributed by atoms with van der Waals surface area (Å²) in [5.41, 5.74) is 0. The highest BCUT2D eigenvalue weighted by atomic mass is 16.5. The lowest BCUT2D eigenvalue weighted by Crippen LogP contribution is -2.42. The van der Waals surface area contributed by atoms with Crippen molar-refractivity contribution in [1.82, 2.24) is 5.32 Å². The molecule has 0 bridgehead atoms. The van der Waals surface area contributed by atoms with Gasteiger partial charge in [-0.05, 0) is 19.3 Å². The average Bonchev–Trinajstić information content (AvgIpc) is 2.15. The van der Waals surface area contributed by atoms with Crippen molar-refractivity contribution in [3.8, 4) is 0 Å². The molecular weight excluding hydrogens is 162 g/mol. The van der Waals surface area contributed by atoms with Crippen molar-refractivity contribution in [2.45, 2.75) is 52.6 Å². The molecular formula is C11H25NO. The van der Waals surface area contributed by atoms with Crippen LogP contribution in [-0.2, 0) is 4.74 Å². The third-order valence-corrected chi connectivity index (χ3v) is 2.86. The molecule has 13 heavy (non-hydrogen) atoms. The summed E-state index contributed by atoms with van der Waals surface area (Å²) in [7, 11) is 1.76. The van der Waals surface area contributed by atoms with Crippen LogP contribution in [-0.4, -0.2) is 25.8 Å². The van der Waals surface area contributed by atoms with Crippen LogP contribution < -0.4 is 5.32 Å². The molecule has 1 N–H and O–H groups in total. The van der Waals surface area contributed by atoms with E-state index >= 15 is 0 Å². The first-order chi connectivity index (χ1) is 6.15. The van der Waals surface area contributed by atoms with Gasteiger partial charge in [0.1, 0.15) is 0 Å². The highest BCUT2D eigenvalue weighted by Gasteiger charge is 2.14. The Hall–Kier alpha value is -0.0800. The van der Waals surface area contributed by atoms with Crippen molar-refractivity contribution in [2.75, 3.05) is 13.7 Å². The molecule has 0 heterocycles. The van der Waals surface area contributed by atoms with E-state index in [0.717, 1.165) is 18.9 Å². The van der Waals surface area contributed by atoms with Crippen LogP contribution in [0.25, 0.3) is 0 Å². The smallest absolute Gasteiger partial charge is 0.0615 e. The molecule has 0 radical (unpaired) electrons. The number of hydrogen-bond donors (Lipinski definition) is 1. The highest BCUT2D eigenvalue weighted by molar-refractivity contribution is 4.73. The van der Waals surface area contributed by atoms with Gasteiger partial charge in [0.05, 0.1) is 6.61 Å². The van der Waals surface area contributed by atoms with E-state index in [1.807, 2.05) is 0 Å². The Morgan fingerprint density at radius 1 is 1.15 bits per heavy atom. The minimum Gasteiger partial charge on any atom is -0.383 e. The molecule has 3 atom stereocenters. The predicted octanol–water partition coefficient (Wildman–Crippen LogP) is 2.44. The summed E-state index contributed by atoms with van der Waals surface area (Å²) in [6, 6.07) is 1.10. The van der Waals surface area contributed by atoms with Gasteiger partial charge in [0, 0.05) is 19.2 Å². The van der Waals surface area contributed by atoms with Gasteiger partial charge in [0.25, 0.3) is 0 Å². The van der Waals surface area contributed by atoms with Crippen molar-refractivity contribution in [2.24, 2.45) is 5.92 Å². The lowest BCUT2D eigenvalue weighted by molar-refractivity contribution is 0.154. The van der Waals surface area contributed by atoms with Crippen LogP contribution >= 0.6 is 0 Å². The molecule has 0 aliphatic heterocycles. The minimum atomic E-state index is 0.508. The minimum absolute atomic E-state index is 0.508. The number of ether oxygens (including phenoxy) is 1. The van der Waals surface area contributed by atoms with Gasteiger partial charge in [-0.25, -0.2) is 0 Å².